The van der Waals surface area contributed by atoms with Crippen molar-refractivity contribution >= 4 is 40.0 Å². The van der Waals surface area contributed by atoms with Gasteiger partial charge in [-0.05, 0) is 37.1 Å². The molecule has 5 nitrogen and oxygen atoms in total. The summed E-state index contributed by atoms with van der Waals surface area (Å²) in [6, 6.07) is 22.7. The first kappa shape index (κ1) is 24.0. The number of halogens is 1. The number of amides is 1. The molecule has 1 saturated carbocycles. The van der Waals surface area contributed by atoms with Gasteiger partial charge in [-0.25, -0.2) is 0 Å². The number of benzene rings is 3. The number of carbonyl (C=O) groups is 3. The van der Waals surface area contributed by atoms with Gasteiger partial charge < -0.3 is 10.3 Å². The van der Waals surface area contributed by atoms with Gasteiger partial charge in [-0.15, -0.1) is 0 Å². The third-order valence-electron chi connectivity index (χ3n) is 7.40. The van der Waals surface area contributed by atoms with E-state index >= 15 is 0 Å². The molecule has 1 aliphatic rings. The summed E-state index contributed by atoms with van der Waals surface area (Å²) in [5.74, 6) is -1.75. The zero-order valence-electron chi connectivity index (χ0n) is 20.4. The van der Waals surface area contributed by atoms with Gasteiger partial charge in [0.1, 0.15) is 5.41 Å². The normalized spacial score (nSPS) is 20.3. The second kappa shape index (κ2) is 9.07. The fourth-order valence-electron chi connectivity index (χ4n) is 5.36. The van der Waals surface area contributed by atoms with Gasteiger partial charge in [0.15, 0.2) is 11.6 Å². The van der Waals surface area contributed by atoms with Gasteiger partial charge in [-0.2, -0.15) is 0 Å². The quantitative estimate of drug-likeness (QED) is 0.338. The van der Waals surface area contributed by atoms with Crippen molar-refractivity contribution in [3.05, 3.63) is 106 Å². The van der Waals surface area contributed by atoms with E-state index in [9.17, 15) is 14.4 Å². The van der Waals surface area contributed by atoms with Crippen molar-refractivity contribution in [1.82, 2.24) is 10.3 Å². The van der Waals surface area contributed by atoms with Crippen LogP contribution in [-0.2, 0) is 26.3 Å². The van der Waals surface area contributed by atoms with E-state index in [0.29, 0.717) is 10.6 Å². The minimum atomic E-state index is -1.18. The molecular formula is C30H27ClN2O3. The molecule has 5 rings (SSSR count). The molecule has 1 atom stereocenters. The SMILES string of the molecule is CC(=O)NCc1c(C(c2ccccc2)C2C(=O)C(C)(c3ccc(C)cc3)C2=O)[nH]c2cc(Cl)ccc12. The Hall–Kier alpha value is -3.70. The molecule has 6 heteroatoms. The van der Waals surface area contributed by atoms with Crippen molar-refractivity contribution in [2.45, 2.75) is 38.6 Å². The maximum atomic E-state index is 13.9. The number of hydrogen-bond acceptors (Lipinski definition) is 3. The molecule has 0 saturated heterocycles. The van der Waals surface area contributed by atoms with Crippen LogP contribution in [-0.4, -0.2) is 22.5 Å². The van der Waals surface area contributed by atoms with E-state index < -0.39 is 17.3 Å². The van der Waals surface area contributed by atoms with Crippen LogP contribution in [0.1, 0.15) is 47.7 Å². The molecule has 182 valence electrons. The summed E-state index contributed by atoms with van der Waals surface area (Å²) in [7, 11) is 0. The van der Waals surface area contributed by atoms with Gasteiger partial charge in [0.25, 0.3) is 0 Å². The van der Waals surface area contributed by atoms with E-state index in [2.05, 4.69) is 10.3 Å². The first-order valence-corrected chi connectivity index (χ1v) is 12.3. The standard InChI is InChI=1S/C30H27ClN2O3/c1-17-9-11-20(12-10-17)30(3)28(35)26(29(30)36)25(19-7-5-4-6-8-19)27-23(16-32-18(2)34)22-14-13-21(31)15-24(22)33-27/h4-15,25-26,33H,16H2,1-3H3,(H,32,34). The predicted octanol–water partition coefficient (Wildman–Crippen LogP) is 5.62. The number of nitrogens with one attached hydrogen (secondary N) is 2. The number of aryl methyl sites for hydroxylation is 1. The largest absolute Gasteiger partial charge is 0.358 e. The molecule has 1 fully saturated rings. The van der Waals surface area contributed by atoms with E-state index in [0.717, 1.165) is 33.3 Å². The number of carbonyl (C=O) groups excluding carboxylic acids is 3. The smallest absolute Gasteiger partial charge is 0.217 e. The van der Waals surface area contributed by atoms with E-state index in [1.165, 1.54) is 6.92 Å². The Morgan fingerprint density at radius 3 is 2.33 bits per heavy atom. The summed E-state index contributed by atoms with van der Waals surface area (Å²) in [5, 5.41) is 4.35. The maximum absolute atomic E-state index is 13.9. The van der Waals surface area contributed by atoms with Crippen molar-refractivity contribution in [1.29, 1.82) is 0 Å². The first-order valence-electron chi connectivity index (χ1n) is 12.0. The summed E-state index contributed by atoms with van der Waals surface area (Å²) < 4.78 is 0. The molecule has 1 aromatic heterocycles. The van der Waals surface area contributed by atoms with Crippen molar-refractivity contribution < 1.29 is 14.4 Å². The van der Waals surface area contributed by atoms with Gasteiger partial charge >= 0.3 is 0 Å². The Morgan fingerprint density at radius 1 is 1.03 bits per heavy atom. The monoisotopic (exact) mass is 498 g/mol. The molecule has 4 aromatic rings. The Kier molecular flexibility index (Phi) is 6.05. The van der Waals surface area contributed by atoms with E-state index in [-0.39, 0.29) is 24.0 Å². The summed E-state index contributed by atoms with van der Waals surface area (Å²) in [5.41, 5.74) is 3.84. The van der Waals surface area contributed by atoms with Gasteiger partial charge in [0.05, 0.1) is 5.92 Å². The van der Waals surface area contributed by atoms with Crippen LogP contribution in [0.4, 0.5) is 0 Å². The van der Waals surface area contributed by atoms with Crippen molar-refractivity contribution in [2.75, 3.05) is 0 Å². The number of aromatic amines is 1. The summed E-state index contributed by atoms with van der Waals surface area (Å²) in [4.78, 5) is 43.0. The highest BCUT2D eigenvalue weighted by molar-refractivity contribution is 6.32. The highest BCUT2D eigenvalue weighted by Crippen LogP contribution is 2.50. The third-order valence-corrected chi connectivity index (χ3v) is 7.63. The number of hydrogen-bond donors (Lipinski definition) is 2. The number of aromatic nitrogens is 1. The van der Waals surface area contributed by atoms with Crippen LogP contribution in [0.25, 0.3) is 10.9 Å². The van der Waals surface area contributed by atoms with Crippen LogP contribution >= 0.6 is 11.6 Å². The molecule has 0 radical (unpaired) electrons. The molecule has 36 heavy (non-hydrogen) atoms. The predicted molar refractivity (Wildman–Crippen MR) is 141 cm³/mol. The van der Waals surface area contributed by atoms with Crippen LogP contribution in [0.2, 0.25) is 5.02 Å². The number of H-pyrrole nitrogens is 1. The molecule has 2 N–H and O–H groups in total. The zero-order valence-corrected chi connectivity index (χ0v) is 21.1. The highest BCUT2D eigenvalue weighted by atomic mass is 35.5. The lowest BCUT2D eigenvalue weighted by atomic mass is 9.53. The fourth-order valence-corrected chi connectivity index (χ4v) is 5.53. The number of rotatable bonds is 6. The molecule has 0 aliphatic heterocycles. The second-order valence-corrected chi connectivity index (χ2v) is 10.1. The number of fused-ring (bicyclic) bond motifs is 1. The molecule has 1 unspecified atom stereocenters. The summed E-state index contributed by atoms with van der Waals surface area (Å²) in [6.45, 7) is 5.43. The molecule has 1 heterocycles. The van der Waals surface area contributed by atoms with Crippen molar-refractivity contribution in [3.63, 3.8) is 0 Å². The molecule has 0 spiro atoms. The van der Waals surface area contributed by atoms with E-state index in [1.54, 1.807) is 13.0 Å². The third kappa shape index (κ3) is 3.84. The minimum Gasteiger partial charge on any atom is -0.358 e. The Balaban J connectivity index is 1.66. The maximum Gasteiger partial charge on any atom is 0.217 e. The van der Waals surface area contributed by atoms with E-state index in [4.69, 9.17) is 11.6 Å². The summed E-state index contributed by atoms with van der Waals surface area (Å²) >= 11 is 6.27. The second-order valence-electron chi connectivity index (χ2n) is 9.70. The molecule has 0 bridgehead atoms. The van der Waals surface area contributed by atoms with Crippen LogP contribution in [0.15, 0.2) is 72.8 Å². The van der Waals surface area contributed by atoms with Gasteiger partial charge in [-0.3, -0.25) is 14.4 Å². The zero-order chi connectivity index (χ0) is 25.6. The lowest BCUT2D eigenvalue weighted by molar-refractivity contribution is -0.153. The molecule has 1 aliphatic carbocycles. The van der Waals surface area contributed by atoms with Crippen LogP contribution in [0.5, 0.6) is 0 Å². The topological polar surface area (TPSA) is 79.0 Å². The summed E-state index contributed by atoms with van der Waals surface area (Å²) in [6.07, 6.45) is 0. The van der Waals surface area contributed by atoms with Gasteiger partial charge in [-0.1, -0.05) is 77.8 Å². The molecular weight excluding hydrogens is 472 g/mol. The Morgan fingerprint density at radius 2 is 1.69 bits per heavy atom. The van der Waals surface area contributed by atoms with Crippen LogP contribution in [0, 0.1) is 12.8 Å². The van der Waals surface area contributed by atoms with Crippen LogP contribution < -0.4 is 5.32 Å². The van der Waals surface area contributed by atoms with Gasteiger partial charge in [0, 0.05) is 46.6 Å². The average molecular weight is 499 g/mol. The lowest BCUT2D eigenvalue weighted by Gasteiger charge is -2.45. The highest BCUT2D eigenvalue weighted by Gasteiger charge is 2.62. The number of Topliss-reactive ketones (excluding diaryl/α,β-unsaturated/α-hetero) is 2. The average Bonchev–Trinajstić information content (AvgIpc) is 3.22. The minimum absolute atomic E-state index is 0.104. The van der Waals surface area contributed by atoms with Gasteiger partial charge in [0.2, 0.25) is 5.91 Å². The molecule has 1 amide bonds. The van der Waals surface area contributed by atoms with Crippen molar-refractivity contribution in [3.8, 4) is 0 Å². The Bertz CT molecular complexity index is 1470. The Labute approximate surface area is 214 Å². The van der Waals surface area contributed by atoms with Crippen molar-refractivity contribution in [2.24, 2.45) is 5.92 Å². The van der Waals surface area contributed by atoms with E-state index in [1.807, 2.05) is 73.7 Å². The molecule has 3 aromatic carbocycles. The lowest BCUT2D eigenvalue weighted by Crippen LogP contribution is -2.62. The van der Waals surface area contributed by atoms with Crippen LogP contribution in [0.3, 0.4) is 0 Å². The first-order chi connectivity index (χ1) is 17.2. The fraction of sp³-hybridized carbons (Fsp3) is 0.233. The number of ketones is 2.